The zero-order valence-electron chi connectivity index (χ0n) is 30.0. The van der Waals surface area contributed by atoms with Crippen molar-refractivity contribution in [2.24, 2.45) is 5.92 Å². The van der Waals surface area contributed by atoms with E-state index in [1.165, 1.54) is 12.3 Å². The molecule has 1 unspecified atom stereocenters. The van der Waals surface area contributed by atoms with Gasteiger partial charge in [-0.2, -0.15) is 10.1 Å². The Morgan fingerprint density at radius 1 is 1.13 bits per heavy atom. The molecular formula is C36H48FN9O5S. The number of aliphatic hydroxyl groups is 1. The van der Waals surface area contributed by atoms with Gasteiger partial charge in [-0.25, -0.2) is 22.8 Å². The van der Waals surface area contributed by atoms with Crippen LogP contribution in [-0.4, -0.2) is 118 Å². The number of hydrogen-bond acceptors (Lipinski definition) is 13. The van der Waals surface area contributed by atoms with Gasteiger partial charge in [-0.1, -0.05) is 6.58 Å². The molecule has 0 bridgehead atoms. The maximum atomic E-state index is 15.4. The third kappa shape index (κ3) is 7.69. The van der Waals surface area contributed by atoms with Crippen LogP contribution in [0, 0.1) is 5.92 Å². The number of fused-ring (bicyclic) bond motifs is 1. The highest BCUT2D eigenvalue weighted by Crippen LogP contribution is 2.40. The largest absolute Gasteiger partial charge is 0.390 e. The molecule has 3 aromatic heterocycles. The SMILES string of the molecule is C=CC(=O)N1CCCC1c1nnc(N2C[C@H](CS(C)(=O)=O)[C@H]2C)c2cnc(Nc3ccnc(N4CC[C@@H](OC5CCC(C)(O)CC5)[C@@H](F)C4)n3)cc12. The number of aromatic nitrogens is 5. The number of hydrogen-bond donors (Lipinski definition) is 2. The zero-order valence-corrected chi connectivity index (χ0v) is 30.8. The van der Waals surface area contributed by atoms with Gasteiger partial charge in [0.25, 0.3) is 0 Å². The van der Waals surface area contributed by atoms with Gasteiger partial charge in [0.05, 0.1) is 41.8 Å². The third-order valence-corrected chi connectivity index (χ3v) is 12.2. The van der Waals surface area contributed by atoms with Crippen molar-refractivity contribution in [3.63, 3.8) is 0 Å². The molecule has 4 fully saturated rings. The van der Waals surface area contributed by atoms with Crippen LogP contribution in [0.25, 0.3) is 10.8 Å². The molecule has 16 heteroatoms. The van der Waals surface area contributed by atoms with Crippen molar-refractivity contribution in [3.05, 3.63) is 42.9 Å². The van der Waals surface area contributed by atoms with Crippen LogP contribution in [-0.2, 0) is 19.4 Å². The second kappa shape index (κ2) is 14.4. The van der Waals surface area contributed by atoms with E-state index >= 15 is 4.39 Å². The van der Waals surface area contributed by atoms with Crippen molar-refractivity contribution in [2.75, 3.05) is 53.3 Å². The first-order valence-corrected chi connectivity index (χ1v) is 20.3. The van der Waals surface area contributed by atoms with Crippen LogP contribution >= 0.6 is 0 Å². The average Bonchev–Trinajstić information content (AvgIpc) is 3.60. The number of carbonyl (C=O) groups excluding carboxylic acids is 1. The molecule has 52 heavy (non-hydrogen) atoms. The number of ether oxygens (including phenoxy) is 1. The van der Waals surface area contributed by atoms with E-state index in [0.29, 0.717) is 68.0 Å². The minimum Gasteiger partial charge on any atom is -0.390 e. The Kier molecular flexibility index (Phi) is 10.1. The molecule has 0 aromatic carbocycles. The molecule has 3 aliphatic heterocycles. The Balaban J connectivity index is 1.11. The summed E-state index contributed by atoms with van der Waals surface area (Å²) >= 11 is 0. The summed E-state index contributed by atoms with van der Waals surface area (Å²) in [6.45, 7) is 9.28. The van der Waals surface area contributed by atoms with Crippen molar-refractivity contribution >= 4 is 49.9 Å². The summed E-state index contributed by atoms with van der Waals surface area (Å²) in [5.41, 5.74) is -0.0156. The van der Waals surface area contributed by atoms with Gasteiger partial charge in [-0.15, -0.1) is 5.10 Å². The van der Waals surface area contributed by atoms with Crippen molar-refractivity contribution in [3.8, 4) is 0 Å². The molecule has 6 heterocycles. The van der Waals surface area contributed by atoms with Crippen LogP contribution in [0.15, 0.2) is 37.2 Å². The predicted molar refractivity (Wildman–Crippen MR) is 196 cm³/mol. The summed E-state index contributed by atoms with van der Waals surface area (Å²) in [5.74, 6) is 1.89. The quantitative estimate of drug-likeness (QED) is 0.288. The molecule has 1 aliphatic carbocycles. The first-order valence-electron chi connectivity index (χ1n) is 18.2. The molecule has 1 saturated carbocycles. The molecule has 3 saturated heterocycles. The van der Waals surface area contributed by atoms with E-state index in [9.17, 15) is 18.3 Å². The standard InChI is InChI=1S/C36H48FN9O5S/c1-5-32(47)45-15-6-7-28(45)33-25-17-31(39-18-26(25)34(43-42-33)46-19-23(22(46)2)21-52(4,49)50)40-30-10-14-38-35(41-30)44-16-11-29(27(37)20-44)51-24-8-12-36(3,48)13-9-24/h5,10,14,17-18,22-24,27-29,48H,1,6-9,11-13,15-16,19-21H2,2-4H3,(H,38,39,40,41)/t22-,23-,24?,27+,28?,29-,36?/m1/s1. The second-order valence-corrected chi connectivity index (χ2v) is 17.3. The van der Waals surface area contributed by atoms with Gasteiger partial charge in [-0.3, -0.25) is 4.79 Å². The summed E-state index contributed by atoms with van der Waals surface area (Å²) in [5, 5.41) is 24.4. The van der Waals surface area contributed by atoms with E-state index in [-0.39, 0.29) is 42.3 Å². The molecule has 2 N–H and O–H groups in total. The van der Waals surface area contributed by atoms with Gasteiger partial charge in [0.1, 0.15) is 27.6 Å². The van der Waals surface area contributed by atoms with Crippen LogP contribution in [0.3, 0.4) is 0 Å². The smallest absolute Gasteiger partial charge is 0.246 e. The third-order valence-electron chi connectivity index (χ3n) is 11.1. The van der Waals surface area contributed by atoms with Crippen LogP contribution in [0.1, 0.15) is 70.5 Å². The summed E-state index contributed by atoms with van der Waals surface area (Å²) in [4.78, 5) is 32.3. The number of piperidine rings is 1. The number of amides is 1. The lowest BCUT2D eigenvalue weighted by Gasteiger charge is -2.47. The molecule has 0 spiro atoms. The van der Waals surface area contributed by atoms with Crippen LogP contribution in [0.5, 0.6) is 0 Å². The molecule has 5 atom stereocenters. The second-order valence-electron chi connectivity index (χ2n) is 15.2. The number of nitrogens with zero attached hydrogens (tertiary/aromatic N) is 8. The van der Waals surface area contributed by atoms with E-state index in [0.717, 1.165) is 36.5 Å². The lowest BCUT2D eigenvalue weighted by Crippen LogP contribution is -2.57. The fourth-order valence-electron chi connectivity index (χ4n) is 8.08. The summed E-state index contributed by atoms with van der Waals surface area (Å²) < 4.78 is 45.6. The predicted octanol–water partition coefficient (Wildman–Crippen LogP) is 3.90. The summed E-state index contributed by atoms with van der Waals surface area (Å²) in [6.07, 6.45) is 8.98. The number of sulfone groups is 1. The summed E-state index contributed by atoms with van der Waals surface area (Å²) in [7, 11) is -3.13. The number of halogens is 1. The monoisotopic (exact) mass is 737 g/mol. The molecule has 14 nitrogen and oxygen atoms in total. The number of likely N-dealkylation sites (tertiary alicyclic amines) is 1. The molecule has 7 rings (SSSR count). The molecule has 280 valence electrons. The minimum absolute atomic E-state index is 0.0236. The number of anilines is 4. The lowest BCUT2D eigenvalue weighted by atomic mass is 9.85. The first-order chi connectivity index (χ1) is 24.8. The van der Waals surface area contributed by atoms with E-state index in [4.69, 9.17) is 14.7 Å². The molecule has 3 aromatic rings. The van der Waals surface area contributed by atoms with Crippen molar-refractivity contribution in [2.45, 2.75) is 94.9 Å². The van der Waals surface area contributed by atoms with Crippen LogP contribution < -0.4 is 15.1 Å². The normalized spacial score (nSPS) is 29.6. The van der Waals surface area contributed by atoms with Crippen LogP contribution in [0.4, 0.5) is 27.8 Å². The summed E-state index contributed by atoms with van der Waals surface area (Å²) in [6, 6.07) is 3.24. The Labute approximate surface area is 303 Å². The lowest BCUT2D eigenvalue weighted by molar-refractivity contribution is -0.126. The van der Waals surface area contributed by atoms with E-state index < -0.39 is 27.7 Å². The highest BCUT2D eigenvalue weighted by Gasteiger charge is 2.40. The van der Waals surface area contributed by atoms with E-state index in [1.54, 1.807) is 23.4 Å². The Morgan fingerprint density at radius 3 is 2.63 bits per heavy atom. The molecule has 4 aliphatic rings. The number of pyridine rings is 1. The van der Waals surface area contributed by atoms with Gasteiger partial charge in [0.2, 0.25) is 11.9 Å². The van der Waals surface area contributed by atoms with Gasteiger partial charge >= 0.3 is 0 Å². The van der Waals surface area contributed by atoms with Crippen molar-refractivity contribution < 1.29 is 27.4 Å². The first kappa shape index (κ1) is 36.3. The minimum atomic E-state index is -3.13. The Morgan fingerprint density at radius 2 is 1.92 bits per heavy atom. The maximum absolute atomic E-state index is 15.4. The highest BCUT2D eigenvalue weighted by molar-refractivity contribution is 7.90. The Bertz CT molecular complexity index is 1920. The van der Waals surface area contributed by atoms with E-state index in [1.807, 2.05) is 29.7 Å². The van der Waals surface area contributed by atoms with Gasteiger partial charge in [0.15, 0.2) is 5.82 Å². The molecule has 0 radical (unpaired) electrons. The van der Waals surface area contributed by atoms with Gasteiger partial charge < -0.3 is 29.9 Å². The van der Waals surface area contributed by atoms with Crippen molar-refractivity contribution in [1.82, 2.24) is 30.0 Å². The Hall–Kier alpha value is -4.02. The number of alkyl halides is 1. The fraction of sp³-hybridized carbons (Fsp3) is 0.611. The van der Waals surface area contributed by atoms with Gasteiger partial charge in [-0.05, 0) is 77.0 Å². The average molecular weight is 738 g/mol. The van der Waals surface area contributed by atoms with Gasteiger partial charge in [0, 0.05) is 61.0 Å². The van der Waals surface area contributed by atoms with Crippen molar-refractivity contribution in [1.29, 1.82) is 0 Å². The number of carbonyl (C=O) groups is 1. The maximum Gasteiger partial charge on any atom is 0.246 e. The van der Waals surface area contributed by atoms with Crippen LogP contribution in [0.2, 0.25) is 0 Å². The molecule has 1 amide bonds. The highest BCUT2D eigenvalue weighted by atomic mass is 32.2. The topological polar surface area (TPSA) is 167 Å². The molecular weight excluding hydrogens is 690 g/mol. The number of rotatable bonds is 10. The fourth-order valence-corrected chi connectivity index (χ4v) is 9.24. The van der Waals surface area contributed by atoms with E-state index in [2.05, 4.69) is 27.1 Å². The zero-order chi connectivity index (χ0) is 36.8. The number of nitrogens with one attached hydrogen (secondary N) is 1.